The van der Waals surface area contributed by atoms with Gasteiger partial charge in [-0.05, 0) is 24.1 Å². The molecule has 1 aromatic carbocycles. The van der Waals surface area contributed by atoms with Crippen molar-refractivity contribution < 1.29 is 9.90 Å². The van der Waals surface area contributed by atoms with Gasteiger partial charge in [-0.2, -0.15) is 0 Å². The predicted octanol–water partition coefficient (Wildman–Crippen LogP) is 3.62. The van der Waals surface area contributed by atoms with Crippen LogP contribution >= 0.6 is 27.5 Å². The minimum atomic E-state index is -0.883. The summed E-state index contributed by atoms with van der Waals surface area (Å²) in [6, 6.07) is 4.64. The molecule has 2 N–H and O–H groups in total. The second kappa shape index (κ2) is 5.55. The van der Waals surface area contributed by atoms with Crippen LogP contribution in [-0.2, 0) is 4.79 Å². The molecule has 88 valence electrons. The lowest BCUT2D eigenvalue weighted by molar-refractivity contribution is -0.138. The minimum absolute atomic E-state index is 0.0208. The Bertz CT molecular complexity index is 396. The molecule has 1 rings (SSSR count). The summed E-state index contributed by atoms with van der Waals surface area (Å²) in [6.07, 6.45) is 0. The van der Waals surface area contributed by atoms with E-state index in [1.54, 1.807) is 18.2 Å². The van der Waals surface area contributed by atoms with Crippen LogP contribution in [0.3, 0.4) is 0 Å². The van der Waals surface area contributed by atoms with Gasteiger partial charge in [0.05, 0.1) is 10.7 Å². The van der Waals surface area contributed by atoms with Gasteiger partial charge in [0.25, 0.3) is 0 Å². The molecule has 0 aliphatic carbocycles. The number of carboxylic acid groups (broad SMARTS) is 1. The van der Waals surface area contributed by atoms with Crippen LogP contribution in [0.1, 0.15) is 13.8 Å². The third kappa shape index (κ3) is 3.39. The minimum Gasteiger partial charge on any atom is -0.480 e. The Hall–Kier alpha value is -0.740. The average Bonchev–Trinajstić information content (AvgIpc) is 2.18. The highest BCUT2D eigenvalue weighted by molar-refractivity contribution is 9.10. The molecule has 0 fully saturated rings. The van der Waals surface area contributed by atoms with Crippen molar-refractivity contribution in [3.8, 4) is 0 Å². The van der Waals surface area contributed by atoms with Crippen LogP contribution in [-0.4, -0.2) is 17.1 Å². The summed E-state index contributed by atoms with van der Waals surface area (Å²) in [5.74, 6) is -0.904. The van der Waals surface area contributed by atoms with E-state index in [-0.39, 0.29) is 5.92 Å². The Morgan fingerprint density at radius 3 is 2.62 bits per heavy atom. The van der Waals surface area contributed by atoms with Gasteiger partial charge in [0.15, 0.2) is 0 Å². The Balaban J connectivity index is 2.93. The smallest absolute Gasteiger partial charge is 0.326 e. The number of carboxylic acids is 1. The van der Waals surface area contributed by atoms with Crippen LogP contribution in [0.25, 0.3) is 0 Å². The number of halogens is 2. The molecule has 0 amide bonds. The van der Waals surface area contributed by atoms with E-state index in [1.165, 1.54) is 0 Å². The monoisotopic (exact) mass is 305 g/mol. The fraction of sp³-hybridized carbons (Fsp3) is 0.364. The SMILES string of the molecule is CC(C)C(Nc1cc(Br)ccc1Cl)C(=O)O. The van der Waals surface area contributed by atoms with E-state index in [2.05, 4.69) is 21.2 Å². The number of nitrogens with one attached hydrogen (secondary N) is 1. The van der Waals surface area contributed by atoms with Crippen molar-refractivity contribution in [2.75, 3.05) is 5.32 Å². The molecule has 0 radical (unpaired) electrons. The van der Waals surface area contributed by atoms with Gasteiger partial charge in [0, 0.05) is 4.47 Å². The van der Waals surface area contributed by atoms with E-state index in [0.29, 0.717) is 10.7 Å². The third-order valence-electron chi connectivity index (χ3n) is 2.17. The lowest BCUT2D eigenvalue weighted by Gasteiger charge is -2.20. The molecule has 0 heterocycles. The maximum atomic E-state index is 11.0. The van der Waals surface area contributed by atoms with Crippen LogP contribution < -0.4 is 5.32 Å². The zero-order chi connectivity index (χ0) is 12.3. The van der Waals surface area contributed by atoms with E-state index < -0.39 is 12.0 Å². The first-order valence-electron chi connectivity index (χ1n) is 4.86. The van der Waals surface area contributed by atoms with Crippen LogP contribution in [0.15, 0.2) is 22.7 Å². The summed E-state index contributed by atoms with van der Waals surface area (Å²) < 4.78 is 0.854. The summed E-state index contributed by atoms with van der Waals surface area (Å²) in [4.78, 5) is 11.0. The summed E-state index contributed by atoms with van der Waals surface area (Å²) >= 11 is 9.29. The van der Waals surface area contributed by atoms with Crippen molar-refractivity contribution in [3.05, 3.63) is 27.7 Å². The van der Waals surface area contributed by atoms with Crippen LogP contribution in [0, 0.1) is 5.92 Å². The number of carbonyl (C=O) groups is 1. The molecule has 0 bridgehead atoms. The lowest BCUT2D eigenvalue weighted by Crippen LogP contribution is -2.34. The topological polar surface area (TPSA) is 49.3 Å². The van der Waals surface area contributed by atoms with Crippen molar-refractivity contribution in [3.63, 3.8) is 0 Å². The van der Waals surface area contributed by atoms with E-state index in [4.69, 9.17) is 16.7 Å². The molecular weight excluding hydrogens is 293 g/mol. The Morgan fingerprint density at radius 1 is 1.50 bits per heavy atom. The third-order valence-corrected chi connectivity index (χ3v) is 2.99. The first-order valence-corrected chi connectivity index (χ1v) is 6.03. The Kier molecular flexibility index (Phi) is 4.62. The van der Waals surface area contributed by atoms with Crippen molar-refractivity contribution in [1.29, 1.82) is 0 Å². The molecular formula is C11H13BrClNO2. The van der Waals surface area contributed by atoms with Crippen molar-refractivity contribution in [1.82, 2.24) is 0 Å². The van der Waals surface area contributed by atoms with Gasteiger partial charge in [-0.3, -0.25) is 0 Å². The maximum Gasteiger partial charge on any atom is 0.326 e. The number of aliphatic carboxylic acids is 1. The number of hydrogen-bond acceptors (Lipinski definition) is 2. The van der Waals surface area contributed by atoms with Gasteiger partial charge in [0.1, 0.15) is 6.04 Å². The largest absolute Gasteiger partial charge is 0.480 e. The molecule has 1 atom stereocenters. The highest BCUT2D eigenvalue weighted by Gasteiger charge is 2.21. The number of rotatable bonds is 4. The second-order valence-electron chi connectivity index (χ2n) is 3.83. The van der Waals surface area contributed by atoms with Crippen LogP contribution in [0.5, 0.6) is 0 Å². The van der Waals surface area contributed by atoms with Gasteiger partial charge < -0.3 is 10.4 Å². The molecule has 0 saturated heterocycles. The Morgan fingerprint density at radius 2 is 2.12 bits per heavy atom. The van der Waals surface area contributed by atoms with E-state index >= 15 is 0 Å². The van der Waals surface area contributed by atoms with Gasteiger partial charge >= 0.3 is 5.97 Å². The van der Waals surface area contributed by atoms with Crippen LogP contribution in [0.4, 0.5) is 5.69 Å². The van der Waals surface area contributed by atoms with E-state index in [1.807, 2.05) is 13.8 Å². The molecule has 0 spiro atoms. The standard InChI is InChI=1S/C11H13BrClNO2/c1-6(2)10(11(15)16)14-9-5-7(12)3-4-8(9)13/h3-6,10,14H,1-2H3,(H,15,16). The molecule has 0 saturated carbocycles. The Labute approximate surface area is 108 Å². The number of benzene rings is 1. The summed E-state index contributed by atoms with van der Waals surface area (Å²) in [5.41, 5.74) is 0.622. The lowest BCUT2D eigenvalue weighted by atomic mass is 10.0. The van der Waals surface area contributed by atoms with Crippen LogP contribution in [0.2, 0.25) is 5.02 Å². The highest BCUT2D eigenvalue weighted by Crippen LogP contribution is 2.27. The van der Waals surface area contributed by atoms with Gasteiger partial charge in [-0.1, -0.05) is 41.4 Å². The summed E-state index contributed by atoms with van der Waals surface area (Å²) in [6.45, 7) is 3.69. The van der Waals surface area contributed by atoms with E-state index in [0.717, 1.165) is 4.47 Å². The fourth-order valence-corrected chi connectivity index (χ4v) is 1.82. The summed E-state index contributed by atoms with van der Waals surface area (Å²) in [7, 11) is 0. The second-order valence-corrected chi connectivity index (χ2v) is 5.15. The zero-order valence-electron chi connectivity index (χ0n) is 9.00. The average molecular weight is 307 g/mol. The molecule has 3 nitrogen and oxygen atoms in total. The molecule has 16 heavy (non-hydrogen) atoms. The van der Waals surface area contributed by atoms with Gasteiger partial charge in [0.2, 0.25) is 0 Å². The predicted molar refractivity (Wildman–Crippen MR) is 69.0 cm³/mol. The molecule has 1 aromatic rings. The number of hydrogen-bond donors (Lipinski definition) is 2. The molecule has 0 aliphatic heterocycles. The first kappa shape index (κ1) is 13.3. The maximum absolute atomic E-state index is 11.0. The molecule has 1 unspecified atom stereocenters. The van der Waals surface area contributed by atoms with Crippen molar-refractivity contribution in [2.45, 2.75) is 19.9 Å². The molecule has 5 heteroatoms. The van der Waals surface area contributed by atoms with E-state index in [9.17, 15) is 4.79 Å². The summed E-state index contributed by atoms with van der Waals surface area (Å²) in [5, 5.41) is 12.5. The quantitative estimate of drug-likeness (QED) is 0.893. The van der Waals surface area contributed by atoms with Gasteiger partial charge in [-0.25, -0.2) is 4.79 Å². The zero-order valence-corrected chi connectivity index (χ0v) is 11.3. The van der Waals surface area contributed by atoms with Crippen molar-refractivity contribution in [2.24, 2.45) is 5.92 Å². The van der Waals surface area contributed by atoms with Crippen molar-refractivity contribution >= 4 is 39.2 Å². The molecule has 0 aromatic heterocycles. The fourth-order valence-electron chi connectivity index (χ4n) is 1.29. The van der Waals surface area contributed by atoms with Gasteiger partial charge in [-0.15, -0.1) is 0 Å². The molecule has 0 aliphatic rings. The normalized spacial score (nSPS) is 12.6. The highest BCUT2D eigenvalue weighted by atomic mass is 79.9. The number of anilines is 1. The first-order chi connectivity index (χ1) is 7.41.